The van der Waals surface area contributed by atoms with Gasteiger partial charge in [0.05, 0.1) is 16.3 Å². The van der Waals surface area contributed by atoms with E-state index in [0.29, 0.717) is 28.6 Å². The number of halogens is 2. The summed E-state index contributed by atoms with van der Waals surface area (Å²) < 4.78 is 0. The van der Waals surface area contributed by atoms with Crippen LogP contribution in [0.1, 0.15) is 34.0 Å². The zero-order valence-electron chi connectivity index (χ0n) is 15.9. The molecule has 1 amide bonds. The Morgan fingerprint density at radius 2 is 1.82 bits per heavy atom. The number of aromatic nitrogens is 1. The maximum absolute atomic E-state index is 12.7. The Morgan fingerprint density at radius 3 is 2.57 bits per heavy atom. The molecule has 1 heterocycles. The number of amides is 1. The number of nitrogens with one attached hydrogen (secondary N) is 1. The summed E-state index contributed by atoms with van der Waals surface area (Å²) in [7, 11) is 0. The van der Waals surface area contributed by atoms with E-state index in [1.165, 1.54) is 0 Å². The quantitative estimate of drug-likeness (QED) is 0.547. The maximum Gasteiger partial charge on any atom is 0.252 e. The highest BCUT2D eigenvalue weighted by molar-refractivity contribution is 6.34. The number of hydrogen-bond donors (Lipinski definition) is 1. The van der Waals surface area contributed by atoms with Crippen molar-refractivity contribution in [3.8, 4) is 11.3 Å². The van der Waals surface area contributed by atoms with E-state index in [1.807, 2.05) is 49.5 Å². The molecule has 1 N–H and O–H groups in total. The van der Waals surface area contributed by atoms with Crippen molar-refractivity contribution in [2.45, 2.75) is 26.7 Å². The Balaban J connectivity index is 1.78. The summed E-state index contributed by atoms with van der Waals surface area (Å²) in [6.07, 6.45) is 3.36. The van der Waals surface area contributed by atoms with Gasteiger partial charge in [0.1, 0.15) is 0 Å². The van der Waals surface area contributed by atoms with Gasteiger partial charge >= 0.3 is 0 Å². The molecule has 0 aliphatic heterocycles. The topological polar surface area (TPSA) is 42.0 Å². The average Bonchev–Trinajstić information content (AvgIpc) is 2.69. The molecule has 0 bridgehead atoms. The van der Waals surface area contributed by atoms with Crippen molar-refractivity contribution in [2.75, 3.05) is 6.54 Å². The first-order chi connectivity index (χ1) is 13.5. The van der Waals surface area contributed by atoms with E-state index >= 15 is 0 Å². The fourth-order valence-electron chi connectivity index (χ4n) is 3.11. The number of carbonyl (C=O) groups excluding carboxylic acids is 1. The molecule has 2 aromatic carbocycles. The predicted octanol–water partition coefficient (Wildman–Crippen LogP) is 5.90. The SMILES string of the molecule is CCc1cc(C)cnc1-c1ccc(Cl)c(C(=O)NCCc2ccccc2Cl)c1. The van der Waals surface area contributed by atoms with Crippen LogP contribution in [0.25, 0.3) is 11.3 Å². The molecule has 0 saturated heterocycles. The molecule has 28 heavy (non-hydrogen) atoms. The van der Waals surface area contributed by atoms with Crippen molar-refractivity contribution in [3.63, 3.8) is 0 Å². The molecule has 144 valence electrons. The first-order valence-corrected chi connectivity index (χ1v) is 10.0. The summed E-state index contributed by atoms with van der Waals surface area (Å²) in [5.74, 6) is -0.205. The third-order valence-electron chi connectivity index (χ3n) is 4.61. The lowest BCUT2D eigenvalue weighted by atomic mass is 10.0. The Morgan fingerprint density at radius 1 is 1.04 bits per heavy atom. The lowest BCUT2D eigenvalue weighted by Crippen LogP contribution is -2.26. The van der Waals surface area contributed by atoms with Crippen LogP contribution in [-0.4, -0.2) is 17.4 Å². The third-order valence-corrected chi connectivity index (χ3v) is 5.30. The second kappa shape index (κ2) is 9.22. The highest BCUT2D eigenvalue weighted by Gasteiger charge is 2.14. The van der Waals surface area contributed by atoms with E-state index in [2.05, 4.69) is 23.3 Å². The molecule has 0 aliphatic carbocycles. The molecular formula is C23H22Cl2N2O. The van der Waals surface area contributed by atoms with Crippen LogP contribution in [0.15, 0.2) is 54.7 Å². The molecule has 0 aliphatic rings. The third kappa shape index (κ3) is 4.73. The zero-order valence-corrected chi connectivity index (χ0v) is 17.4. The lowest BCUT2D eigenvalue weighted by Gasteiger charge is -2.12. The molecule has 0 radical (unpaired) electrons. The molecule has 0 saturated carbocycles. The van der Waals surface area contributed by atoms with Crippen molar-refractivity contribution in [1.29, 1.82) is 0 Å². The number of nitrogens with zero attached hydrogens (tertiary/aromatic N) is 1. The number of carbonyl (C=O) groups is 1. The van der Waals surface area contributed by atoms with Gasteiger partial charge in [-0.05, 0) is 54.7 Å². The Kier molecular flexibility index (Phi) is 6.71. The van der Waals surface area contributed by atoms with Crippen LogP contribution in [0.2, 0.25) is 10.0 Å². The molecule has 0 atom stereocenters. The average molecular weight is 413 g/mol. The smallest absolute Gasteiger partial charge is 0.252 e. The van der Waals surface area contributed by atoms with Crippen molar-refractivity contribution in [1.82, 2.24) is 10.3 Å². The van der Waals surface area contributed by atoms with E-state index in [-0.39, 0.29) is 5.91 Å². The zero-order chi connectivity index (χ0) is 20.1. The number of aryl methyl sites for hydroxylation is 2. The van der Waals surface area contributed by atoms with Gasteiger partial charge in [-0.2, -0.15) is 0 Å². The van der Waals surface area contributed by atoms with E-state index in [9.17, 15) is 4.79 Å². The fourth-order valence-corrected chi connectivity index (χ4v) is 3.55. The molecule has 3 aromatic rings. The van der Waals surface area contributed by atoms with Gasteiger partial charge in [-0.1, -0.05) is 60.5 Å². The van der Waals surface area contributed by atoms with Crippen LogP contribution in [-0.2, 0) is 12.8 Å². The number of pyridine rings is 1. The normalized spacial score (nSPS) is 10.7. The van der Waals surface area contributed by atoms with Crippen LogP contribution in [0.3, 0.4) is 0 Å². The fraction of sp³-hybridized carbons (Fsp3) is 0.217. The first-order valence-electron chi connectivity index (χ1n) is 9.26. The van der Waals surface area contributed by atoms with Gasteiger partial charge in [-0.3, -0.25) is 9.78 Å². The van der Waals surface area contributed by atoms with Gasteiger partial charge in [-0.25, -0.2) is 0 Å². The van der Waals surface area contributed by atoms with Crippen LogP contribution in [0, 0.1) is 6.92 Å². The van der Waals surface area contributed by atoms with Gasteiger partial charge in [0.15, 0.2) is 0 Å². The first kappa shape index (κ1) is 20.4. The molecule has 3 nitrogen and oxygen atoms in total. The standard InChI is InChI=1S/C23H22Cl2N2O/c1-3-16-12-15(2)14-27-22(16)18-8-9-21(25)19(13-18)23(28)26-11-10-17-6-4-5-7-20(17)24/h4-9,12-14H,3,10-11H2,1-2H3,(H,26,28). The monoisotopic (exact) mass is 412 g/mol. The van der Waals surface area contributed by atoms with Crippen LogP contribution >= 0.6 is 23.2 Å². The predicted molar refractivity (Wildman–Crippen MR) is 116 cm³/mol. The van der Waals surface area contributed by atoms with Gasteiger partial charge < -0.3 is 5.32 Å². The summed E-state index contributed by atoms with van der Waals surface area (Å²) in [5.41, 5.74) is 5.48. The van der Waals surface area contributed by atoms with Gasteiger partial charge in [-0.15, -0.1) is 0 Å². The molecular weight excluding hydrogens is 391 g/mol. The molecule has 0 unspecified atom stereocenters. The van der Waals surface area contributed by atoms with Crippen molar-refractivity contribution < 1.29 is 4.79 Å². The molecule has 3 rings (SSSR count). The van der Waals surface area contributed by atoms with Crippen LogP contribution in [0.4, 0.5) is 0 Å². The summed E-state index contributed by atoms with van der Waals surface area (Å²) in [4.78, 5) is 17.3. The van der Waals surface area contributed by atoms with E-state index in [0.717, 1.165) is 34.4 Å². The second-order valence-corrected chi connectivity index (χ2v) is 7.48. The summed E-state index contributed by atoms with van der Waals surface area (Å²) >= 11 is 12.5. The highest BCUT2D eigenvalue weighted by Crippen LogP contribution is 2.27. The molecule has 5 heteroatoms. The molecule has 0 spiro atoms. The van der Waals surface area contributed by atoms with Crippen LogP contribution < -0.4 is 5.32 Å². The molecule has 1 aromatic heterocycles. The minimum absolute atomic E-state index is 0.205. The number of hydrogen-bond acceptors (Lipinski definition) is 2. The molecule has 0 fully saturated rings. The summed E-state index contributed by atoms with van der Waals surface area (Å²) in [6, 6.07) is 15.2. The van der Waals surface area contributed by atoms with Gasteiger partial charge in [0, 0.05) is 23.3 Å². The summed E-state index contributed by atoms with van der Waals surface area (Å²) in [6.45, 7) is 4.60. The highest BCUT2D eigenvalue weighted by atomic mass is 35.5. The van der Waals surface area contributed by atoms with E-state index < -0.39 is 0 Å². The van der Waals surface area contributed by atoms with E-state index in [4.69, 9.17) is 23.2 Å². The Hall–Kier alpha value is -2.36. The van der Waals surface area contributed by atoms with Crippen molar-refractivity contribution >= 4 is 29.1 Å². The Labute approximate surface area is 175 Å². The minimum Gasteiger partial charge on any atom is -0.352 e. The number of rotatable bonds is 6. The van der Waals surface area contributed by atoms with Gasteiger partial charge in [0.2, 0.25) is 0 Å². The second-order valence-electron chi connectivity index (χ2n) is 6.67. The Bertz CT molecular complexity index is 1000. The maximum atomic E-state index is 12.7. The largest absolute Gasteiger partial charge is 0.352 e. The lowest BCUT2D eigenvalue weighted by molar-refractivity contribution is 0.0954. The minimum atomic E-state index is -0.205. The van der Waals surface area contributed by atoms with Crippen molar-refractivity contribution in [2.24, 2.45) is 0 Å². The number of benzene rings is 2. The summed E-state index contributed by atoms with van der Waals surface area (Å²) in [5, 5.41) is 4.05. The van der Waals surface area contributed by atoms with Gasteiger partial charge in [0.25, 0.3) is 5.91 Å². The van der Waals surface area contributed by atoms with E-state index in [1.54, 1.807) is 6.07 Å². The van der Waals surface area contributed by atoms with Crippen molar-refractivity contribution in [3.05, 3.63) is 87.0 Å². The van der Waals surface area contributed by atoms with Crippen LogP contribution in [0.5, 0.6) is 0 Å².